The summed E-state index contributed by atoms with van der Waals surface area (Å²) >= 11 is 5.36. The number of hydrogen-bond donors (Lipinski definition) is 12. The van der Waals surface area contributed by atoms with E-state index in [1.54, 1.807) is 35.3 Å². The summed E-state index contributed by atoms with van der Waals surface area (Å²) in [5.41, 5.74) is 10.8. The molecule has 1 fully saturated rings. The van der Waals surface area contributed by atoms with Crippen LogP contribution in [0.5, 0.6) is 23.0 Å². The number of hydrogen-bond acceptors (Lipinski definition) is 23. The average Bonchev–Trinajstić information content (AvgIpc) is 0.974. The Balaban J connectivity index is 0.000000875. The van der Waals surface area contributed by atoms with Crippen molar-refractivity contribution in [2.24, 2.45) is 5.73 Å². The molecule has 0 spiro atoms. The molecule has 0 unspecified atom stereocenters. The maximum atomic E-state index is 12.4. The Morgan fingerprint density at radius 1 is 0.443 bits per heavy atom. The number of aliphatic hydroxyl groups is 1. The number of carbonyl (C=O) groups is 6. The molecule has 26 nitrogen and oxygen atoms in total. The second kappa shape index (κ2) is 42.6. The van der Waals surface area contributed by atoms with Gasteiger partial charge in [0.25, 0.3) is 30.4 Å². The number of carboxylic acid groups (broad SMARTS) is 1. The number of cyclic esters (lactones) is 2. The summed E-state index contributed by atoms with van der Waals surface area (Å²) in [6.07, 6.45) is 1.39. The Morgan fingerprint density at radius 3 is 1.03 bits per heavy atom. The van der Waals surface area contributed by atoms with Crippen LogP contribution in [0.25, 0.3) is 0 Å². The SMILES string of the molecule is CC(C)(Cc1cc(C(C)(C)C)c(O)c(C(C)(C)CCOC(=O)CCC(=O)NCCS(=O)(=O)O)c1)Sc1cc(C(C)(C)C)c(O)c(C(C)(C)C)c1.CC(C)(Sc1cc(C(C)(C)C)c(O)c(C(C)(C)C)c1)Sc1cc(C(C)(C)C)c(O)c(C(C)(C)CCO)c1.NCCS(=O)(=O)O.O=C(O)CCC(=O)NCCS(=O)(=O)O.O=C1CCC(=O)O1. The van der Waals surface area contributed by atoms with Gasteiger partial charge >= 0.3 is 23.9 Å². The monoisotopic (exact) mass is 1730 g/mol. The number of rotatable bonds is 29. The van der Waals surface area contributed by atoms with E-state index >= 15 is 0 Å². The zero-order valence-corrected chi connectivity index (χ0v) is 77.3. The number of phenolic OH excluding ortho intramolecular Hbond substituents is 4. The largest absolute Gasteiger partial charge is 0.507 e. The van der Waals surface area contributed by atoms with Crippen LogP contribution in [0.3, 0.4) is 0 Å². The summed E-state index contributed by atoms with van der Waals surface area (Å²) in [5, 5.41) is 67.6. The number of phenols is 4. The second-order valence-corrected chi connectivity index (χ2v) is 47.2. The summed E-state index contributed by atoms with van der Waals surface area (Å²) in [7, 11) is -12.1. The van der Waals surface area contributed by atoms with Crippen molar-refractivity contribution in [1.82, 2.24) is 10.6 Å². The number of benzene rings is 4. The Bertz CT molecular complexity index is 4270. The van der Waals surface area contributed by atoms with E-state index in [0.29, 0.717) is 36.5 Å². The lowest BCUT2D eigenvalue weighted by molar-refractivity contribution is -0.152. The van der Waals surface area contributed by atoms with Crippen molar-refractivity contribution in [3.63, 3.8) is 0 Å². The van der Waals surface area contributed by atoms with Crippen LogP contribution >= 0.6 is 35.3 Å². The summed E-state index contributed by atoms with van der Waals surface area (Å²) in [4.78, 5) is 68.5. The van der Waals surface area contributed by atoms with E-state index in [9.17, 15) is 79.6 Å². The first-order chi connectivity index (χ1) is 51.6. The molecular weight excluding hydrogens is 1600 g/mol. The molecule has 13 N–H and O–H groups in total. The number of carbonyl (C=O) groups excluding carboxylic acids is 5. The molecule has 4 aromatic carbocycles. The van der Waals surface area contributed by atoms with Gasteiger partial charge in [-0.2, -0.15) is 25.3 Å². The van der Waals surface area contributed by atoms with Crippen molar-refractivity contribution >= 4 is 101 Å². The molecule has 1 aliphatic rings. The van der Waals surface area contributed by atoms with E-state index in [2.05, 4.69) is 230 Å². The number of aliphatic hydroxyl groups excluding tert-OH is 1. The molecule has 0 atom stereocenters. The van der Waals surface area contributed by atoms with Crippen molar-refractivity contribution < 1.29 is 108 Å². The minimum atomic E-state index is -4.19. The highest BCUT2D eigenvalue weighted by Gasteiger charge is 2.36. The molecule has 0 radical (unpaired) electrons. The maximum Gasteiger partial charge on any atom is 0.314 e. The van der Waals surface area contributed by atoms with Crippen LogP contribution in [0, 0.1) is 0 Å². The number of nitrogens with one attached hydrogen (secondary N) is 2. The zero-order valence-electron chi connectivity index (χ0n) is 72.4. The number of ether oxygens (including phenoxy) is 2. The molecule has 0 bridgehead atoms. The van der Waals surface area contributed by atoms with Gasteiger partial charge in [-0.3, -0.25) is 42.4 Å². The molecule has 1 aliphatic heterocycles. The van der Waals surface area contributed by atoms with Gasteiger partial charge in [-0.25, -0.2) is 0 Å². The first kappa shape index (κ1) is 107. The van der Waals surface area contributed by atoms with Crippen molar-refractivity contribution in [3.8, 4) is 23.0 Å². The highest BCUT2D eigenvalue weighted by Crippen LogP contribution is 2.52. The Kier molecular flexibility index (Phi) is 39.6. The molecule has 0 aromatic heterocycles. The van der Waals surface area contributed by atoms with Gasteiger partial charge in [0.15, 0.2) is 0 Å². The molecular formula is C83H133N3O23S6. The van der Waals surface area contributed by atoms with Crippen molar-refractivity contribution in [2.75, 3.05) is 50.1 Å². The summed E-state index contributed by atoms with van der Waals surface area (Å²) in [5.74, 6) is -3.74. The molecule has 4 aromatic rings. The Labute approximate surface area is 697 Å². The summed E-state index contributed by atoms with van der Waals surface area (Å²) < 4.78 is 95.4. The molecule has 1 saturated heterocycles. The highest BCUT2D eigenvalue weighted by atomic mass is 32.2. The third-order valence-electron chi connectivity index (χ3n) is 17.8. The van der Waals surface area contributed by atoms with E-state index in [1.165, 1.54) is 0 Å². The predicted octanol–water partition coefficient (Wildman–Crippen LogP) is 14.9. The fourth-order valence-electron chi connectivity index (χ4n) is 11.6. The Hall–Kier alpha value is -6.20. The minimum absolute atomic E-state index is 0.0289. The molecule has 1 heterocycles. The van der Waals surface area contributed by atoms with Crippen molar-refractivity contribution in [2.45, 2.75) is 305 Å². The van der Waals surface area contributed by atoms with Gasteiger partial charge in [0.05, 0.1) is 53.6 Å². The van der Waals surface area contributed by atoms with Crippen LogP contribution in [-0.4, -0.2) is 164 Å². The topological polar surface area (TPSA) is 455 Å². The number of amides is 2. The average molecular weight is 1730 g/mol. The lowest BCUT2D eigenvalue weighted by Gasteiger charge is -2.33. The zero-order chi connectivity index (χ0) is 89.8. The number of carboxylic acids is 1. The van der Waals surface area contributed by atoms with E-state index in [1.807, 2.05) is 13.8 Å². The lowest BCUT2D eigenvalue weighted by Crippen LogP contribution is -2.29. The number of thioether (sulfide) groups is 3. The van der Waals surface area contributed by atoms with E-state index in [-0.39, 0.29) is 130 Å². The third kappa shape index (κ3) is 39.9. The van der Waals surface area contributed by atoms with Gasteiger partial charge in [-0.15, -0.1) is 35.3 Å². The van der Waals surface area contributed by atoms with Crippen LogP contribution < -0.4 is 16.4 Å². The molecule has 32 heteroatoms. The number of aromatic hydroxyl groups is 4. The van der Waals surface area contributed by atoms with Crippen molar-refractivity contribution in [3.05, 3.63) is 98.6 Å². The predicted molar refractivity (Wildman–Crippen MR) is 458 cm³/mol. The van der Waals surface area contributed by atoms with Crippen LogP contribution in [0.15, 0.2) is 63.2 Å². The van der Waals surface area contributed by atoms with Crippen LogP contribution in [0.4, 0.5) is 0 Å². The van der Waals surface area contributed by atoms with E-state index in [4.69, 9.17) is 29.2 Å². The highest BCUT2D eigenvalue weighted by molar-refractivity contribution is 8.18. The van der Waals surface area contributed by atoms with E-state index in [0.717, 1.165) is 64.8 Å². The lowest BCUT2D eigenvalue weighted by atomic mass is 9.75. The number of nitrogens with two attached hydrogens (primary N) is 1. The van der Waals surface area contributed by atoms with Gasteiger partial charge in [0.2, 0.25) is 11.8 Å². The number of esters is 3. The fraction of sp³-hybridized carbons (Fsp3) is 0.639. The Morgan fingerprint density at radius 2 is 0.739 bits per heavy atom. The third-order valence-corrected chi connectivity index (χ3v) is 23.6. The van der Waals surface area contributed by atoms with Gasteiger partial charge in [-0.1, -0.05) is 178 Å². The van der Waals surface area contributed by atoms with Gasteiger partial charge in [-0.05, 0) is 124 Å². The maximum absolute atomic E-state index is 12.4. The molecule has 0 saturated carbocycles. The summed E-state index contributed by atoms with van der Waals surface area (Å²) in [6.45, 7) is 54.8. The summed E-state index contributed by atoms with van der Waals surface area (Å²) in [6, 6.07) is 16.9. The van der Waals surface area contributed by atoms with Crippen LogP contribution in [0.1, 0.15) is 281 Å². The van der Waals surface area contributed by atoms with Gasteiger partial charge in [0.1, 0.15) is 23.0 Å². The molecule has 5 rings (SSSR count). The van der Waals surface area contributed by atoms with Gasteiger partial charge in [0, 0.05) is 97.5 Å². The van der Waals surface area contributed by atoms with Crippen molar-refractivity contribution in [1.29, 1.82) is 0 Å². The van der Waals surface area contributed by atoms with Crippen LogP contribution in [0.2, 0.25) is 0 Å². The molecule has 115 heavy (non-hydrogen) atoms. The second-order valence-electron chi connectivity index (χ2n) is 37.1. The van der Waals surface area contributed by atoms with Gasteiger partial charge < -0.3 is 56.5 Å². The quantitative estimate of drug-likeness (QED) is 0.00790. The first-order valence-corrected chi connectivity index (χ1v) is 45.2. The number of aliphatic carboxylic acids is 1. The minimum Gasteiger partial charge on any atom is -0.507 e. The smallest absolute Gasteiger partial charge is 0.314 e. The van der Waals surface area contributed by atoms with E-state index < -0.39 is 83.0 Å². The van der Waals surface area contributed by atoms with Crippen LogP contribution in [-0.2, 0) is 118 Å². The molecule has 0 aliphatic carbocycles. The fourth-order valence-corrected chi connectivity index (χ4v) is 16.4. The molecule has 654 valence electrons. The molecule has 2 amide bonds. The first-order valence-electron chi connectivity index (χ1n) is 38.0. The standard InChI is InChI=1S/C39H61NO8S2.C32H50O3S2.C6H11NO6S.C4H4O3.C2H7NO3S/c1-35(2,3)27-20-25(24-39(12,13)49-26-22-28(36(4,5)6)33(43)29(23-26)37(7,8)9)21-30(34(27)44)38(10,11)16-18-48-32(42)15-14-31(41)40-17-19-50(45,46)47;1-28(2,3)22-16-20(17-23(26(22)34)29(4,5)6)36-32(12,13)37-21-18-24(30(7,8)9)27(35)25(19-21)31(10,11)14-15-33;8-5(1-2-6(9)10)7-3-4-14(11,12)13;5-3-1-2-4(6)7-3;3-1-2-7(4,5)6/h20-23,43-44H,14-19,24H2,1-13H3,(H,40,41)(H,45,46,47);16-19,33-35H,14-15H2,1-13H3;1-4H2,(H,7,8)(H,9,10)(H,11,12,13);1-2H2;1-3H2,(H,4,5,6). The normalized spacial score (nSPS) is 13.5.